The first-order chi connectivity index (χ1) is 15.2. The maximum atomic E-state index is 13.0. The molecule has 2 aromatic rings. The van der Waals surface area contributed by atoms with Crippen molar-refractivity contribution in [1.82, 2.24) is 4.31 Å². The van der Waals surface area contributed by atoms with Crippen LogP contribution in [-0.4, -0.2) is 50.7 Å². The Kier molecular flexibility index (Phi) is 7.26. The summed E-state index contributed by atoms with van der Waals surface area (Å²) in [4.78, 5) is 24.8. The van der Waals surface area contributed by atoms with Crippen LogP contribution in [0.1, 0.15) is 24.8 Å². The number of hydrogen-bond donors (Lipinski definition) is 1. The molecule has 1 heterocycles. The smallest absolute Gasteiger partial charge is 0.270 e. The van der Waals surface area contributed by atoms with Crippen molar-refractivity contribution in [2.75, 3.05) is 37.4 Å². The van der Waals surface area contributed by atoms with Crippen molar-refractivity contribution < 1.29 is 18.1 Å². The van der Waals surface area contributed by atoms with E-state index in [-0.39, 0.29) is 10.6 Å². The van der Waals surface area contributed by atoms with Crippen LogP contribution in [0.2, 0.25) is 0 Å². The third-order valence-electron chi connectivity index (χ3n) is 5.17. The summed E-state index contributed by atoms with van der Waals surface area (Å²) >= 11 is 0. The summed E-state index contributed by atoms with van der Waals surface area (Å²) in [6, 6.07) is 10.6. The van der Waals surface area contributed by atoms with Gasteiger partial charge in [0, 0.05) is 45.4 Å². The molecule has 170 valence electrons. The molecule has 3 rings (SSSR count). The number of nitro groups is 1. The highest BCUT2D eigenvalue weighted by molar-refractivity contribution is 7.89. The molecule has 1 aliphatic rings. The number of piperidine rings is 1. The largest absolute Gasteiger partial charge is 0.376 e. The first kappa shape index (κ1) is 23.4. The van der Waals surface area contributed by atoms with Gasteiger partial charge in [0.15, 0.2) is 0 Å². The molecule has 9 nitrogen and oxygen atoms in total. The highest BCUT2D eigenvalue weighted by Crippen LogP contribution is 2.30. The number of sulfonamides is 1. The number of non-ortho nitro benzene ring substituents is 1. The lowest BCUT2D eigenvalue weighted by Crippen LogP contribution is -2.35. The highest BCUT2D eigenvalue weighted by Gasteiger charge is 2.27. The zero-order valence-corrected chi connectivity index (χ0v) is 18.8. The van der Waals surface area contributed by atoms with Crippen molar-refractivity contribution in [3.8, 4) is 0 Å². The molecule has 0 aliphatic carbocycles. The fourth-order valence-corrected chi connectivity index (χ4v) is 5.05. The zero-order chi connectivity index (χ0) is 23.3. The normalized spacial score (nSPS) is 14.9. The van der Waals surface area contributed by atoms with E-state index in [9.17, 15) is 23.3 Å². The molecule has 0 saturated carbocycles. The minimum Gasteiger partial charge on any atom is -0.376 e. The summed E-state index contributed by atoms with van der Waals surface area (Å²) in [7, 11) is -0.0605. The quantitative estimate of drug-likeness (QED) is 0.386. The summed E-state index contributed by atoms with van der Waals surface area (Å²) in [5.74, 6) is -0.480. The molecule has 1 saturated heterocycles. The fourth-order valence-electron chi connectivity index (χ4n) is 3.51. The lowest BCUT2D eigenvalue weighted by molar-refractivity contribution is -0.384. The molecule has 0 radical (unpaired) electrons. The Bertz CT molecular complexity index is 1140. The number of carbonyl (C=O) groups is 1. The molecule has 0 spiro atoms. The van der Waals surface area contributed by atoms with E-state index in [0.29, 0.717) is 30.0 Å². The number of hydrogen-bond acceptors (Lipinski definition) is 6. The number of anilines is 2. The molecule has 1 amide bonds. The maximum absolute atomic E-state index is 13.0. The molecular formula is C22H26N4O5S. The molecule has 10 heteroatoms. The lowest BCUT2D eigenvalue weighted by atomic mass is 10.2. The molecule has 1 aliphatic heterocycles. The van der Waals surface area contributed by atoms with Crippen LogP contribution in [0.25, 0.3) is 6.08 Å². The number of carbonyl (C=O) groups excluding carboxylic acids is 1. The molecule has 0 unspecified atom stereocenters. The maximum Gasteiger partial charge on any atom is 0.270 e. The Balaban J connectivity index is 1.84. The van der Waals surface area contributed by atoms with Gasteiger partial charge in [0.2, 0.25) is 15.9 Å². The fraction of sp³-hybridized carbons (Fsp3) is 0.318. The Labute approximate surface area is 187 Å². The van der Waals surface area contributed by atoms with Gasteiger partial charge in [-0.25, -0.2) is 8.42 Å². The second kappa shape index (κ2) is 9.92. The number of nitrogens with one attached hydrogen (secondary N) is 1. The van der Waals surface area contributed by atoms with Crippen LogP contribution in [0.3, 0.4) is 0 Å². The molecule has 2 aromatic carbocycles. The third kappa shape index (κ3) is 5.51. The van der Waals surface area contributed by atoms with Gasteiger partial charge in [0.1, 0.15) is 0 Å². The van der Waals surface area contributed by atoms with Crippen LogP contribution in [0, 0.1) is 10.1 Å². The highest BCUT2D eigenvalue weighted by atomic mass is 32.2. The first-order valence-corrected chi connectivity index (χ1v) is 11.7. The van der Waals surface area contributed by atoms with E-state index in [1.165, 1.54) is 40.7 Å². The van der Waals surface area contributed by atoms with Crippen LogP contribution in [0.15, 0.2) is 53.4 Å². The van der Waals surface area contributed by atoms with E-state index in [2.05, 4.69) is 5.32 Å². The van der Waals surface area contributed by atoms with Gasteiger partial charge >= 0.3 is 0 Å². The third-order valence-corrected chi connectivity index (χ3v) is 7.06. The van der Waals surface area contributed by atoms with Crippen molar-refractivity contribution in [2.45, 2.75) is 24.2 Å². The van der Waals surface area contributed by atoms with Crippen molar-refractivity contribution in [3.05, 3.63) is 64.2 Å². The minimum atomic E-state index is -3.65. The van der Waals surface area contributed by atoms with Gasteiger partial charge in [-0.1, -0.05) is 18.6 Å². The van der Waals surface area contributed by atoms with Crippen molar-refractivity contribution in [2.24, 2.45) is 0 Å². The summed E-state index contributed by atoms with van der Waals surface area (Å²) in [6.45, 7) is 0.983. The molecule has 0 bridgehead atoms. The van der Waals surface area contributed by atoms with Gasteiger partial charge in [-0.2, -0.15) is 4.31 Å². The standard InChI is InChI=1S/C22H26N4O5S/c1-24(2)21-11-10-19(32(30,31)25-13-4-3-5-14-25)16-20(21)23-22(27)12-9-17-7-6-8-18(15-17)26(28)29/h6-12,15-16H,3-5,13-14H2,1-2H3,(H,23,27)/b12-9+. The topological polar surface area (TPSA) is 113 Å². The van der Waals surface area contributed by atoms with Crippen LogP contribution >= 0.6 is 0 Å². The summed E-state index contributed by atoms with van der Waals surface area (Å²) in [5, 5.41) is 13.6. The Morgan fingerprint density at radius 2 is 1.84 bits per heavy atom. The van der Waals surface area contributed by atoms with Gasteiger partial charge in [-0.05, 0) is 42.7 Å². The van der Waals surface area contributed by atoms with E-state index in [4.69, 9.17) is 0 Å². The number of benzene rings is 2. The Morgan fingerprint density at radius 3 is 2.50 bits per heavy atom. The van der Waals surface area contributed by atoms with Crippen LogP contribution in [0.5, 0.6) is 0 Å². The average molecular weight is 459 g/mol. The van der Waals surface area contributed by atoms with Gasteiger partial charge in [-0.3, -0.25) is 14.9 Å². The zero-order valence-electron chi connectivity index (χ0n) is 18.0. The van der Waals surface area contributed by atoms with Crippen molar-refractivity contribution >= 4 is 39.1 Å². The van der Waals surface area contributed by atoms with Crippen LogP contribution < -0.4 is 10.2 Å². The number of nitrogens with zero attached hydrogens (tertiary/aromatic N) is 3. The summed E-state index contributed by atoms with van der Waals surface area (Å²) in [5.41, 5.74) is 1.45. The molecular weight excluding hydrogens is 432 g/mol. The number of rotatable bonds is 7. The van der Waals surface area contributed by atoms with Gasteiger partial charge in [-0.15, -0.1) is 0 Å². The molecule has 0 aromatic heterocycles. The van der Waals surface area contributed by atoms with Crippen LogP contribution in [0.4, 0.5) is 17.1 Å². The van der Waals surface area contributed by atoms with Crippen molar-refractivity contribution in [1.29, 1.82) is 0 Å². The van der Waals surface area contributed by atoms with E-state index in [1.54, 1.807) is 37.2 Å². The summed E-state index contributed by atoms with van der Waals surface area (Å²) in [6.07, 6.45) is 5.40. The average Bonchev–Trinajstić information content (AvgIpc) is 2.78. The lowest BCUT2D eigenvalue weighted by Gasteiger charge is -2.26. The van der Waals surface area contributed by atoms with E-state index in [1.807, 2.05) is 0 Å². The predicted molar refractivity (Wildman–Crippen MR) is 124 cm³/mol. The molecule has 1 fully saturated rings. The monoisotopic (exact) mass is 458 g/mol. The Hall–Kier alpha value is -3.24. The summed E-state index contributed by atoms with van der Waals surface area (Å²) < 4.78 is 27.6. The molecule has 1 N–H and O–H groups in total. The minimum absolute atomic E-state index is 0.0712. The Morgan fingerprint density at radius 1 is 1.12 bits per heavy atom. The van der Waals surface area contributed by atoms with E-state index in [0.717, 1.165) is 19.3 Å². The SMILES string of the molecule is CN(C)c1ccc(S(=O)(=O)N2CCCCC2)cc1NC(=O)/C=C/c1cccc([N+](=O)[O-])c1. The first-order valence-electron chi connectivity index (χ1n) is 10.2. The second-order valence-electron chi connectivity index (χ2n) is 7.71. The van der Waals surface area contributed by atoms with Crippen molar-refractivity contribution in [3.63, 3.8) is 0 Å². The van der Waals surface area contributed by atoms with Gasteiger partial charge in [0.25, 0.3) is 5.69 Å². The van der Waals surface area contributed by atoms with Crippen LogP contribution in [-0.2, 0) is 14.8 Å². The molecule has 0 atom stereocenters. The number of nitro benzene ring substituents is 1. The predicted octanol–water partition coefficient (Wildman–Crippen LogP) is 3.49. The van der Waals surface area contributed by atoms with Gasteiger partial charge in [0.05, 0.1) is 21.2 Å². The van der Waals surface area contributed by atoms with E-state index < -0.39 is 20.9 Å². The molecule has 32 heavy (non-hydrogen) atoms. The van der Waals surface area contributed by atoms with Gasteiger partial charge < -0.3 is 10.2 Å². The van der Waals surface area contributed by atoms with E-state index >= 15 is 0 Å². The second-order valence-corrected chi connectivity index (χ2v) is 9.65. The number of amides is 1.